The molecule has 0 fully saturated rings. The van der Waals surface area contributed by atoms with Crippen molar-refractivity contribution in [3.05, 3.63) is 34.0 Å². The highest BCUT2D eigenvalue weighted by atomic mass is 79.9. The fourth-order valence-electron chi connectivity index (χ4n) is 1.40. The SMILES string of the molecule is O=S(=O)(Cl)c1cccc2c(Cl)ncc(Br)c12. The summed E-state index contributed by atoms with van der Waals surface area (Å²) in [6.45, 7) is 0. The Morgan fingerprint density at radius 1 is 1.31 bits per heavy atom. The van der Waals surface area contributed by atoms with Crippen molar-refractivity contribution in [1.29, 1.82) is 0 Å². The zero-order valence-corrected chi connectivity index (χ0v) is 11.5. The Bertz CT molecular complexity index is 673. The van der Waals surface area contributed by atoms with Gasteiger partial charge in [0.05, 0.1) is 4.90 Å². The number of pyridine rings is 1. The molecule has 1 aromatic carbocycles. The van der Waals surface area contributed by atoms with Gasteiger partial charge in [-0.25, -0.2) is 13.4 Å². The topological polar surface area (TPSA) is 47.0 Å². The summed E-state index contributed by atoms with van der Waals surface area (Å²) in [5, 5.41) is 1.22. The van der Waals surface area contributed by atoms with Gasteiger partial charge in [-0.15, -0.1) is 0 Å². The molecule has 0 amide bonds. The molecule has 0 N–H and O–H groups in total. The molecular weight excluding hydrogens is 337 g/mol. The number of benzene rings is 1. The molecule has 0 atom stereocenters. The number of halogens is 3. The van der Waals surface area contributed by atoms with Crippen LogP contribution in [0.4, 0.5) is 0 Å². The predicted octanol–water partition coefficient (Wildman–Crippen LogP) is 3.58. The fraction of sp³-hybridized carbons (Fsp3) is 0. The number of hydrogen-bond donors (Lipinski definition) is 0. The van der Waals surface area contributed by atoms with Gasteiger partial charge in [-0.2, -0.15) is 0 Å². The molecule has 1 aromatic heterocycles. The fourth-order valence-corrected chi connectivity index (χ4v) is 3.36. The third kappa shape index (κ3) is 2.05. The second kappa shape index (κ2) is 4.14. The van der Waals surface area contributed by atoms with Crippen molar-refractivity contribution in [2.45, 2.75) is 4.90 Å². The molecular formula is C9H4BrCl2NO2S. The van der Waals surface area contributed by atoms with Crippen LogP contribution in [0.2, 0.25) is 5.15 Å². The molecule has 0 saturated carbocycles. The smallest absolute Gasteiger partial charge is 0.243 e. The number of nitrogens with zero attached hydrogens (tertiary/aromatic N) is 1. The molecule has 0 spiro atoms. The maximum atomic E-state index is 11.4. The molecule has 16 heavy (non-hydrogen) atoms. The Hall–Kier alpha value is -0.360. The summed E-state index contributed by atoms with van der Waals surface area (Å²) in [5.41, 5.74) is 0. The predicted molar refractivity (Wildman–Crippen MR) is 67.5 cm³/mol. The Morgan fingerprint density at radius 2 is 2.00 bits per heavy atom. The summed E-state index contributed by atoms with van der Waals surface area (Å²) in [6, 6.07) is 4.67. The minimum atomic E-state index is -3.81. The third-order valence-electron chi connectivity index (χ3n) is 2.04. The molecule has 84 valence electrons. The zero-order valence-electron chi connectivity index (χ0n) is 7.62. The number of hydrogen-bond acceptors (Lipinski definition) is 3. The maximum Gasteiger partial charge on any atom is 0.261 e. The van der Waals surface area contributed by atoms with Crippen LogP contribution in [0.5, 0.6) is 0 Å². The summed E-state index contributed by atoms with van der Waals surface area (Å²) in [7, 11) is 1.54. The standard InChI is InChI=1S/C9H4BrCl2NO2S/c10-6-4-13-9(11)5-2-1-3-7(8(5)6)16(12,14)15/h1-4H. The molecule has 0 unspecified atom stereocenters. The number of fused-ring (bicyclic) bond motifs is 1. The molecule has 2 rings (SSSR count). The normalized spacial score (nSPS) is 11.9. The summed E-state index contributed by atoms with van der Waals surface area (Å²) >= 11 is 9.11. The van der Waals surface area contributed by atoms with Gasteiger partial charge in [-0.05, 0) is 22.0 Å². The van der Waals surface area contributed by atoms with E-state index in [0.29, 0.717) is 15.2 Å². The van der Waals surface area contributed by atoms with Gasteiger partial charge in [0.1, 0.15) is 5.15 Å². The van der Waals surface area contributed by atoms with E-state index in [9.17, 15) is 8.42 Å². The Kier molecular flexibility index (Phi) is 3.13. The van der Waals surface area contributed by atoms with E-state index < -0.39 is 9.05 Å². The average molecular weight is 341 g/mol. The second-order valence-electron chi connectivity index (χ2n) is 3.01. The lowest BCUT2D eigenvalue weighted by Gasteiger charge is -2.06. The van der Waals surface area contributed by atoms with Crippen LogP contribution in [-0.2, 0) is 9.05 Å². The molecule has 0 aliphatic carbocycles. The van der Waals surface area contributed by atoms with Gasteiger partial charge in [0.25, 0.3) is 9.05 Å². The van der Waals surface area contributed by atoms with Crippen molar-refractivity contribution in [1.82, 2.24) is 4.98 Å². The van der Waals surface area contributed by atoms with Crippen molar-refractivity contribution in [2.75, 3.05) is 0 Å². The minimum Gasteiger partial charge on any atom is -0.243 e. The number of aromatic nitrogens is 1. The molecule has 2 aromatic rings. The van der Waals surface area contributed by atoms with E-state index >= 15 is 0 Å². The minimum absolute atomic E-state index is 0.0165. The van der Waals surface area contributed by atoms with Crippen molar-refractivity contribution in [2.24, 2.45) is 0 Å². The molecule has 1 heterocycles. The van der Waals surface area contributed by atoms with E-state index in [0.717, 1.165) is 0 Å². The van der Waals surface area contributed by atoms with Crippen LogP contribution < -0.4 is 0 Å². The molecule has 0 bridgehead atoms. The van der Waals surface area contributed by atoms with Crippen molar-refractivity contribution in [3.63, 3.8) is 0 Å². The van der Waals surface area contributed by atoms with Gasteiger partial charge in [0.2, 0.25) is 0 Å². The third-order valence-corrected chi connectivity index (χ3v) is 4.31. The Labute approximate surface area is 110 Å². The average Bonchev–Trinajstić information content (AvgIpc) is 2.22. The van der Waals surface area contributed by atoms with Crippen LogP contribution >= 0.6 is 38.2 Å². The van der Waals surface area contributed by atoms with Crippen molar-refractivity contribution in [3.8, 4) is 0 Å². The molecule has 0 saturated heterocycles. The van der Waals surface area contributed by atoms with E-state index in [1.54, 1.807) is 12.1 Å². The first-order chi connectivity index (χ1) is 7.41. The molecule has 0 aliphatic heterocycles. The van der Waals surface area contributed by atoms with E-state index in [1.165, 1.54) is 12.3 Å². The van der Waals surface area contributed by atoms with E-state index in [2.05, 4.69) is 20.9 Å². The molecule has 0 radical (unpaired) electrons. The lowest BCUT2D eigenvalue weighted by molar-refractivity contribution is 0.610. The van der Waals surface area contributed by atoms with Crippen molar-refractivity contribution < 1.29 is 8.42 Å². The highest BCUT2D eigenvalue weighted by Crippen LogP contribution is 2.34. The van der Waals surface area contributed by atoms with Crippen LogP contribution in [0.15, 0.2) is 33.8 Å². The summed E-state index contributed by atoms with van der Waals surface area (Å²) in [4.78, 5) is 3.93. The second-order valence-corrected chi connectivity index (χ2v) is 6.76. The summed E-state index contributed by atoms with van der Waals surface area (Å²) in [6.07, 6.45) is 1.44. The van der Waals surface area contributed by atoms with Crippen LogP contribution in [0.1, 0.15) is 0 Å². The number of rotatable bonds is 1. The summed E-state index contributed by atoms with van der Waals surface area (Å²) in [5.74, 6) is 0. The van der Waals surface area contributed by atoms with Gasteiger partial charge in [0.15, 0.2) is 0 Å². The lowest BCUT2D eigenvalue weighted by Crippen LogP contribution is -1.94. The Balaban J connectivity index is 3.04. The quantitative estimate of drug-likeness (QED) is 0.588. The van der Waals surface area contributed by atoms with E-state index in [-0.39, 0.29) is 10.0 Å². The highest BCUT2D eigenvalue weighted by Gasteiger charge is 2.17. The first-order valence-electron chi connectivity index (χ1n) is 4.08. The van der Waals surface area contributed by atoms with Gasteiger partial charge in [-0.3, -0.25) is 0 Å². The van der Waals surface area contributed by atoms with E-state index in [1.807, 2.05) is 0 Å². The van der Waals surface area contributed by atoms with Crippen LogP contribution in [0.25, 0.3) is 10.8 Å². The van der Waals surface area contributed by atoms with Gasteiger partial charge < -0.3 is 0 Å². The molecule has 7 heteroatoms. The van der Waals surface area contributed by atoms with Crippen LogP contribution in [0.3, 0.4) is 0 Å². The van der Waals surface area contributed by atoms with Crippen LogP contribution in [-0.4, -0.2) is 13.4 Å². The first-order valence-corrected chi connectivity index (χ1v) is 7.56. The maximum absolute atomic E-state index is 11.4. The molecule has 0 aliphatic rings. The molecule has 3 nitrogen and oxygen atoms in total. The van der Waals surface area contributed by atoms with Crippen molar-refractivity contribution >= 4 is 58.0 Å². The highest BCUT2D eigenvalue weighted by molar-refractivity contribution is 9.10. The van der Waals surface area contributed by atoms with Gasteiger partial charge in [0, 0.05) is 32.1 Å². The van der Waals surface area contributed by atoms with Gasteiger partial charge >= 0.3 is 0 Å². The zero-order chi connectivity index (χ0) is 11.9. The largest absolute Gasteiger partial charge is 0.261 e. The monoisotopic (exact) mass is 339 g/mol. The lowest BCUT2D eigenvalue weighted by atomic mass is 10.2. The summed E-state index contributed by atoms with van der Waals surface area (Å²) < 4.78 is 23.3. The first kappa shape index (κ1) is 12.1. The van der Waals surface area contributed by atoms with E-state index in [4.69, 9.17) is 22.3 Å². The van der Waals surface area contributed by atoms with Gasteiger partial charge in [-0.1, -0.05) is 23.7 Å². The Morgan fingerprint density at radius 3 is 2.62 bits per heavy atom. The van der Waals surface area contributed by atoms with Crippen LogP contribution in [0, 0.1) is 0 Å².